The van der Waals surface area contributed by atoms with Crippen LogP contribution in [0.2, 0.25) is 0 Å². The Labute approximate surface area is 67.8 Å². The van der Waals surface area contributed by atoms with Crippen LogP contribution in [0.15, 0.2) is 0 Å². The maximum atomic E-state index is 6.66. The molecule has 0 aromatic heterocycles. The van der Waals surface area contributed by atoms with E-state index < -0.39 is 0 Å². The van der Waals surface area contributed by atoms with E-state index in [1.165, 1.54) is 0 Å². The summed E-state index contributed by atoms with van der Waals surface area (Å²) in [6, 6.07) is 0. The normalized spacial score (nSPS) is 19.3. The minimum atomic E-state index is 0.629. The van der Waals surface area contributed by atoms with Crippen molar-refractivity contribution in [1.29, 1.82) is 0 Å². The van der Waals surface area contributed by atoms with Gasteiger partial charge >= 0.3 is 0 Å². The maximum absolute atomic E-state index is 6.66. The zero-order valence-electron chi connectivity index (χ0n) is 6.92. The van der Waals surface area contributed by atoms with E-state index in [1.54, 1.807) is 7.11 Å². The molecule has 0 saturated carbocycles. The number of rotatable bonds is 4. The Balaban J connectivity index is 1.97. The van der Waals surface area contributed by atoms with Crippen LogP contribution in [0.4, 0.5) is 0 Å². The van der Waals surface area contributed by atoms with Gasteiger partial charge in [0.2, 0.25) is 6.54 Å². The molecule has 1 heterocycles. The van der Waals surface area contributed by atoms with Crippen molar-refractivity contribution in [3.05, 3.63) is 11.4 Å². The Hall–Kier alpha value is -0.590. The molecule has 0 N–H and O–H groups in total. The number of hydrogen-bond acceptors (Lipinski definition) is 2. The largest absolute Gasteiger partial charge is 0.383 e. The number of likely N-dealkylation sites (tertiary alicyclic amines) is 1. The second kappa shape index (κ2) is 4.32. The van der Waals surface area contributed by atoms with E-state index in [1.807, 2.05) is 0 Å². The summed E-state index contributed by atoms with van der Waals surface area (Å²) in [6.45, 7) is 11.4. The van der Waals surface area contributed by atoms with Crippen LogP contribution in [0.25, 0.3) is 4.85 Å². The first-order chi connectivity index (χ1) is 5.36. The van der Waals surface area contributed by atoms with Gasteiger partial charge in [0.05, 0.1) is 12.5 Å². The minimum absolute atomic E-state index is 0.629. The van der Waals surface area contributed by atoms with Crippen LogP contribution >= 0.6 is 0 Å². The van der Waals surface area contributed by atoms with Crippen molar-refractivity contribution in [3.63, 3.8) is 0 Å². The molecule has 0 amide bonds. The fraction of sp³-hybridized carbons (Fsp3) is 0.875. The van der Waals surface area contributed by atoms with Gasteiger partial charge in [-0.15, -0.1) is 0 Å². The van der Waals surface area contributed by atoms with Gasteiger partial charge < -0.3 is 9.58 Å². The molecule has 0 aromatic carbocycles. The third-order valence-corrected chi connectivity index (χ3v) is 1.99. The lowest BCUT2D eigenvalue weighted by molar-refractivity contribution is 0.0716. The molecule has 1 saturated heterocycles. The van der Waals surface area contributed by atoms with Crippen LogP contribution in [-0.4, -0.2) is 44.8 Å². The molecule has 1 aliphatic rings. The molecular formula is C8H14N2O. The van der Waals surface area contributed by atoms with Crippen LogP contribution in [0, 0.1) is 12.5 Å². The quantitative estimate of drug-likeness (QED) is 0.548. The Morgan fingerprint density at radius 3 is 2.91 bits per heavy atom. The van der Waals surface area contributed by atoms with E-state index in [-0.39, 0.29) is 0 Å². The molecule has 0 spiro atoms. The first kappa shape index (κ1) is 8.51. The molecule has 0 aliphatic carbocycles. The Morgan fingerprint density at radius 2 is 2.36 bits per heavy atom. The van der Waals surface area contributed by atoms with Crippen LogP contribution in [-0.2, 0) is 4.74 Å². The van der Waals surface area contributed by atoms with Crippen molar-refractivity contribution in [2.75, 3.05) is 39.9 Å². The average molecular weight is 154 g/mol. The zero-order chi connectivity index (χ0) is 8.10. The smallest absolute Gasteiger partial charge is 0.219 e. The molecule has 0 unspecified atom stereocenters. The highest BCUT2D eigenvalue weighted by Gasteiger charge is 2.27. The first-order valence-corrected chi connectivity index (χ1v) is 3.91. The summed E-state index contributed by atoms with van der Waals surface area (Å²) < 4.78 is 4.94. The standard InChI is InChI=1S/C8H14N2O/c1-9-5-8-6-10(7-8)3-4-11-2/h8H,3-7H2,2H3. The first-order valence-electron chi connectivity index (χ1n) is 3.91. The molecule has 0 radical (unpaired) electrons. The van der Waals surface area contributed by atoms with Gasteiger partial charge in [-0.1, -0.05) is 0 Å². The monoisotopic (exact) mass is 154 g/mol. The number of nitrogens with zero attached hydrogens (tertiary/aromatic N) is 2. The molecule has 0 aromatic rings. The summed E-state index contributed by atoms with van der Waals surface area (Å²) in [5.41, 5.74) is 0. The fourth-order valence-corrected chi connectivity index (χ4v) is 1.32. The van der Waals surface area contributed by atoms with E-state index in [9.17, 15) is 0 Å². The SMILES string of the molecule is [C-]#[N+]CC1CN(CCOC)C1. The summed E-state index contributed by atoms with van der Waals surface area (Å²) in [5, 5.41) is 0. The van der Waals surface area contributed by atoms with Crippen LogP contribution in [0.3, 0.4) is 0 Å². The molecule has 1 rings (SSSR count). The van der Waals surface area contributed by atoms with Gasteiger partial charge in [0, 0.05) is 26.7 Å². The van der Waals surface area contributed by atoms with Gasteiger partial charge in [0.25, 0.3) is 0 Å². The summed E-state index contributed by atoms with van der Waals surface area (Å²) in [7, 11) is 1.72. The van der Waals surface area contributed by atoms with Crippen LogP contribution in [0.1, 0.15) is 0 Å². The van der Waals surface area contributed by atoms with Crippen molar-refractivity contribution in [3.8, 4) is 0 Å². The lowest BCUT2D eigenvalue weighted by atomic mass is 10.0. The van der Waals surface area contributed by atoms with Gasteiger partial charge in [-0.05, 0) is 0 Å². The predicted octanol–water partition coefficient (Wildman–Crippen LogP) is 0.484. The second-order valence-corrected chi connectivity index (χ2v) is 2.96. The van der Waals surface area contributed by atoms with Crippen molar-refractivity contribution in [2.24, 2.45) is 5.92 Å². The molecule has 3 nitrogen and oxygen atoms in total. The van der Waals surface area contributed by atoms with E-state index in [4.69, 9.17) is 11.3 Å². The highest BCUT2D eigenvalue weighted by atomic mass is 16.5. The van der Waals surface area contributed by atoms with Crippen molar-refractivity contribution in [1.82, 2.24) is 4.90 Å². The predicted molar refractivity (Wildman–Crippen MR) is 43.3 cm³/mol. The molecule has 1 fully saturated rings. The van der Waals surface area contributed by atoms with Crippen molar-refractivity contribution >= 4 is 0 Å². The van der Waals surface area contributed by atoms with E-state index in [2.05, 4.69) is 9.74 Å². The van der Waals surface area contributed by atoms with Gasteiger partial charge in [0.15, 0.2) is 0 Å². The summed E-state index contributed by atoms with van der Waals surface area (Å²) in [4.78, 5) is 5.68. The average Bonchev–Trinajstić information content (AvgIpc) is 1.94. The Morgan fingerprint density at radius 1 is 1.64 bits per heavy atom. The van der Waals surface area contributed by atoms with E-state index in [0.29, 0.717) is 12.5 Å². The van der Waals surface area contributed by atoms with Crippen LogP contribution in [0.5, 0.6) is 0 Å². The number of hydrogen-bond donors (Lipinski definition) is 0. The van der Waals surface area contributed by atoms with Crippen LogP contribution < -0.4 is 0 Å². The highest BCUT2D eigenvalue weighted by Crippen LogP contribution is 2.14. The van der Waals surface area contributed by atoms with Gasteiger partial charge in [-0.2, -0.15) is 0 Å². The lowest BCUT2D eigenvalue weighted by Gasteiger charge is -2.36. The molecule has 0 atom stereocenters. The van der Waals surface area contributed by atoms with Gasteiger partial charge in [-0.3, -0.25) is 4.90 Å². The molecule has 11 heavy (non-hydrogen) atoms. The fourth-order valence-electron chi connectivity index (χ4n) is 1.32. The molecular weight excluding hydrogens is 140 g/mol. The van der Waals surface area contributed by atoms with Gasteiger partial charge in [0.1, 0.15) is 0 Å². The van der Waals surface area contributed by atoms with Crippen molar-refractivity contribution in [2.45, 2.75) is 0 Å². The zero-order valence-corrected chi connectivity index (χ0v) is 6.92. The number of ether oxygens (including phenoxy) is 1. The van der Waals surface area contributed by atoms with E-state index >= 15 is 0 Å². The highest BCUT2D eigenvalue weighted by molar-refractivity contribution is 4.84. The summed E-state index contributed by atoms with van der Waals surface area (Å²) >= 11 is 0. The van der Waals surface area contributed by atoms with E-state index in [0.717, 1.165) is 26.2 Å². The van der Waals surface area contributed by atoms with Crippen molar-refractivity contribution < 1.29 is 4.74 Å². The second-order valence-electron chi connectivity index (χ2n) is 2.96. The topological polar surface area (TPSA) is 16.8 Å². The molecule has 0 bridgehead atoms. The minimum Gasteiger partial charge on any atom is -0.383 e. The molecule has 3 heteroatoms. The Bertz CT molecular complexity index is 147. The summed E-state index contributed by atoms with van der Waals surface area (Å²) in [5.74, 6) is 0.629. The summed E-state index contributed by atoms with van der Waals surface area (Å²) in [6.07, 6.45) is 0. The lowest BCUT2D eigenvalue weighted by Crippen LogP contribution is -2.48. The van der Waals surface area contributed by atoms with Gasteiger partial charge in [-0.25, -0.2) is 6.57 Å². The number of methoxy groups -OCH3 is 1. The molecule has 62 valence electrons. The molecule has 1 aliphatic heterocycles. The third kappa shape index (κ3) is 2.49. The third-order valence-electron chi connectivity index (χ3n) is 1.99. The Kier molecular flexibility index (Phi) is 3.34. The maximum Gasteiger partial charge on any atom is 0.219 e.